The lowest BCUT2D eigenvalue weighted by Gasteiger charge is -2.44. The average Bonchev–Trinajstić information content (AvgIpc) is 3.35. The molecule has 0 N–H and O–H groups in total. The van der Waals surface area contributed by atoms with Crippen molar-refractivity contribution in [1.29, 1.82) is 0 Å². The fourth-order valence-electron chi connectivity index (χ4n) is 4.08. The Hall–Kier alpha value is -3.26. The van der Waals surface area contributed by atoms with Gasteiger partial charge in [-0.25, -0.2) is 9.07 Å². The van der Waals surface area contributed by atoms with Crippen molar-refractivity contribution in [3.05, 3.63) is 58.7 Å². The van der Waals surface area contributed by atoms with E-state index >= 15 is 0 Å². The largest absolute Gasteiger partial charge is 0.463 e. The van der Waals surface area contributed by atoms with E-state index in [1.165, 1.54) is 50.0 Å². The van der Waals surface area contributed by atoms with Gasteiger partial charge in [-0.15, -0.1) is 5.10 Å². The molecule has 1 aliphatic rings. The van der Waals surface area contributed by atoms with Crippen LogP contribution in [0.25, 0.3) is 11.3 Å². The number of carbonyl (C=O) groups is 3. The normalized spacial score (nSPS) is 22.4. The molecule has 3 aromatic rings. The maximum atomic E-state index is 14.1. The molecule has 40 heavy (non-hydrogen) atoms. The van der Waals surface area contributed by atoms with Crippen LogP contribution < -0.4 is 0 Å². The zero-order valence-electron chi connectivity index (χ0n) is 21.3. The first-order chi connectivity index (χ1) is 19.0. The highest BCUT2D eigenvalue weighted by Gasteiger charge is 2.52. The van der Waals surface area contributed by atoms with E-state index in [4.69, 9.17) is 42.1 Å². The Morgan fingerprint density at radius 1 is 1.05 bits per heavy atom. The zero-order valence-corrected chi connectivity index (χ0v) is 23.7. The molecule has 0 amide bonds. The van der Waals surface area contributed by atoms with Crippen molar-refractivity contribution in [2.45, 2.75) is 55.5 Å². The van der Waals surface area contributed by atoms with Crippen molar-refractivity contribution in [3.63, 3.8) is 0 Å². The Kier molecular flexibility index (Phi) is 9.61. The Bertz CT molecular complexity index is 1410. The molecular formula is C25H23Cl2FN4O7S. The fraction of sp³-hybridized carbons (Fsp3) is 0.360. The summed E-state index contributed by atoms with van der Waals surface area (Å²) < 4.78 is 38.2. The van der Waals surface area contributed by atoms with E-state index in [2.05, 4.69) is 15.3 Å². The van der Waals surface area contributed by atoms with Gasteiger partial charge in [-0.2, -0.15) is 0 Å². The molecular weight excluding hydrogens is 590 g/mol. The second kappa shape index (κ2) is 12.9. The molecule has 3 heterocycles. The Morgan fingerprint density at radius 2 is 1.77 bits per heavy atom. The van der Waals surface area contributed by atoms with E-state index in [9.17, 15) is 18.8 Å². The van der Waals surface area contributed by atoms with Crippen LogP contribution in [0.3, 0.4) is 0 Å². The molecule has 0 saturated carbocycles. The summed E-state index contributed by atoms with van der Waals surface area (Å²) in [5.41, 5.74) is -0.284. The molecule has 1 aliphatic heterocycles. The molecule has 0 radical (unpaired) electrons. The van der Waals surface area contributed by atoms with Crippen molar-refractivity contribution < 1.29 is 37.7 Å². The van der Waals surface area contributed by atoms with E-state index in [1.54, 1.807) is 18.3 Å². The average molecular weight is 613 g/mol. The first-order valence-electron chi connectivity index (χ1n) is 11.8. The monoisotopic (exact) mass is 612 g/mol. The molecule has 1 saturated heterocycles. The number of halogens is 3. The van der Waals surface area contributed by atoms with Crippen LogP contribution in [0.15, 0.2) is 47.8 Å². The number of nitrogens with zero attached hydrogens (tertiary/aromatic N) is 4. The Morgan fingerprint density at radius 3 is 2.42 bits per heavy atom. The highest BCUT2D eigenvalue weighted by atomic mass is 35.5. The summed E-state index contributed by atoms with van der Waals surface area (Å²) >= 11 is 13.1. The van der Waals surface area contributed by atoms with Crippen molar-refractivity contribution in [1.82, 2.24) is 20.0 Å². The standard InChI is InChI=1S/C25H23Cl2FN4O7S/c1-12(33)36-11-21-23(37-13(2)34)22(32-10-20(30-31-32)15-4-5-18(27)19(28)6-15)24(38-14(3)35)25(39-21)40-17-7-16(26)8-29-9-17/h4-10,21-25H,11H2,1-3H3/t21-,22+,23+,24-,25-/m1/s1. The lowest BCUT2D eigenvalue weighted by molar-refractivity contribution is -0.212. The van der Waals surface area contributed by atoms with Gasteiger partial charge in [-0.3, -0.25) is 19.4 Å². The van der Waals surface area contributed by atoms with Crippen molar-refractivity contribution in [2.75, 3.05) is 6.61 Å². The highest BCUT2D eigenvalue weighted by Crippen LogP contribution is 2.41. The second-order valence-electron chi connectivity index (χ2n) is 8.65. The molecule has 0 bridgehead atoms. The van der Waals surface area contributed by atoms with E-state index < -0.39 is 53.5 Å². The predicted octanol–water partition coefficient (Wildman–Crippen LogP) is 4.27. The van der Waals surface area contributed by atoms with Crippen molar-refractivity contribution in [3.8, 4) is 11.3 Å². The third-order valence-electron chi connectivity index (χ3n) is 5.63. The number of ether oxygens (including phenoxy) is 4. The summed E-state index contributed by atoms with van der Waals surface area (Å²) in [5.74, 6) is -2.55. The van der Waals surface area contributed by atoms with Crippen LogP contribution in [0.1, 0.15) is 26.8 Å². The molecule has 1 fully saturated rings. The van der Waals surface area contributed by atoms with Gasteiger partial charge >= 0.3 is 17.9 Å². The van der Waals surface area contributed by atoms with Gasteiger partial charge in [0.2, 0.25) is 0 Å². The summed E-state index contributed by atoms with van der Waals surface area (Å²) in [6.45, 7) is 3.35. The van der Waals surface area contributed by atoms with Crippen LogP contribution in [-0.4, -0.2) is 68.2 Å². The number of esters is 3. The lowest BCUT2D eigenvalue weighted by atomic mass is 9.96. The van der Waals surface area contributed by atoms with Gasteiger partial charge < -0.3 is 18.9 Å². The lowest BCUT2D eigenvalue weighted by Crippen LogP contribution is -2.57. The van der Waals surface area contributed by atoms with Gasteiger partial charge in [-0.05, 0) is 18.2 Å². The first kappa shape index (κ1) is 29.7. The number of hydrogen-bond acceptors (Lipinski definition) is 11. The number of benzene rings is 1. The molecule has 11 nitrogen and oxygen atoms in total. The Balaban J connectivity index is 1.80. The fourth-order valence-corrected chi connectivity index (χ4v) is 5.57. The highest BCUT2D eigenvalue weighted by molar-refractivity contribution is 7.99. The summed E-state index contributed by atoms with van der Waals surface area (Å²) in [5, 5.41) is 8.64. The molecule has 4 rings (SSSR count). The predicted molar refractivity (Wildman–Crippen MR) is 141 cm³/mol. The minimum absolute atomic E-state index is 0.0610. The number of thioether (sulfide) groups is 1. The van der Waals surface area contributed by atoms with Crippen LogP contribution in [0, 0.1) is 5.82 Å². The number of aromatic nitrogens is 4. The van der Waals surface area contributed by atoms with Gasteiger partial charge in [0.15, 0.2) is 12.2 Å². The van der Waals surface area contributed by atoms with Gasteiger partial charge in [0.25, 0.3) is 0 Å². The summed E-state index contributed by atoms with van der Waals surface area (Å²) in [7, 11) is 0. The van der Waals surface area contributed by atoms with Crippen molar-refractivity contribution in [2.24, 2.45) is 0 Å². The molecule has 212 valence electrons. The molecule has 0 aliphatic carbocycles. The maximum absolute atomic E-state index is 14.1. The number of carbonyl (C=O) groups excluding carboxylic acids is 3. The Labute approximate surface area is 242 Å². The SMILES string of the molecule is CC(=O)OC[C@H]1O[C@H](Sc2cncc(Cl)c2)[C@H](OC(C)=O)[C@@H](n2cc(-c3ccc(Cl)c(F)c3)nn2)[C@H]1OC(C)=O. The van der Waals surface area contributed by atoms with Gasteiger partial charge in [0, 0.05) is 43.6 Å². The summed E-state index contributed by atoms with van der Waals surface area (Å²) in [6.07, 6.45) is 1.23. The number of pyridine rings is 1. The maximum Gasteiger partial charge on any atom is 0.303 e. The number of rotatable bonds is 8. The molecule has 0 spiro atoms. The molecule has 5 atom stereocenters. The van der Waals surface area contributed by atoms with Crippen LogP contribution in [-0.2, 0) is 33.3 Å². The van der Waals surface area contributed by atoms with Crippen LogP contribution in [0.2, 0.25) is 10.0 Å². The van der Waals surface area contributed by atoms with Gasteiger partial charge in [0.05, 0.1) is 16.2 Å². The summed E-state index contributed by atoms with van der Waals surface area (Å²) in [6, 6.07) is 4.77. The number of hydrogen-bond donors (Lipinski definition) is 0. The quantitative estimate of drug-likeness (QED) is 0.267. The molecule has 15 heteroatoms. The smallest absolute Gasteiger partial charge is 0.303 e. The molecule has 1 aromatic carbocycles. The van der Waals surface area contributed by atoms with Gasteiger partial charge in [-0.1, -0.05) is 46.2 Å². The van der Waals surface area contributed by atoms with Crippen LogP contribution in [0.5, 0.6) is 0 Å². The van der Waals surface area contributed by atoms with E-state index in [0.717, 1.165) is 11.8 Å². The third-order valence-corrected chi connectivity index (χ3v) is 7.26. The third kappa shape index (κ3) is 7.27. The second-order valence-corrected chi connectivity index (χ2v) is 10.7. The topological polar surface area (TPSA) is 132 Å². The minimum atomic E-state index is -1.15. The van der Waals surface area contributed by atoms with E-state index in [-0.39, 0.29) is 17.3 Å². The minimum Gasteiger partial charge on any atom is -0.463 e. The van der Waals surface area contributed by atoms with Crippen molar-refractivity contribution >= 4 is 52.9 Å². The molecule has 0 unspecified atom stereocenters. The van der Waals surface area contributed by atoms with E-state index in [1.807, 2.05) is 0 Å². The zero-order chi connectivity index (χ0) is 29.0. The van der Waals surface area contributed by atoms with E-state index in [0.29, 0.717) is 15.5 Å². The summed E-state index contributed by atoms with van der Waals surface area (Å²) in [4.78, 5) is 40.8. The van der Waals surface area contributed by atoms with Crippen LogP contribution in [0.4, 0.5) is 4.39 Å². The van der Waals surface area contributed by atoms with Gasteiger partial charge in [0.1, 0.15) is 35.7 Å². The first-order valence-corrected chi connectivity index (χ1v) is 13.4. The van der Waals surface area contributed by atoms with Crippen LogP contribution >= 0.6 is 35.0 Å². The molecule has 2 aromatic heterocycles.